The van der Waals surface area contributed by atoms with Crippen molar-refractivity contribution < 1.29 is 4.74 Å². The number of allylic oxidation sites excluding steroid dienone is 1. The van der Waals surface area contributed by atoms with E-state index in [1.165, 1.54) is 0 Å². The van der Waals surface area contributed by atoms with Gasteiger partial charge in [-0.05, 0) is 13.0 Å². The van der Waals surface area contributed by atoms with Crippen LogP contribution in [-0.4, -0.2) is 36.1 Å². The molecule has 1 aliphatic heterocycles. The van der Waals surface area contributed by atoms with Gasteiger partial charge in [0.2, 0.25) is 0 Å². The van der Waals surface area contributed by atoms with E-state index in [-0.39, 0.29) is 0 Å². The molecule has 0 saturated carbocycles. The first-order valence-electron chi connectivity index (χ1n) is 7.55. The maximum atomic E-state index is 6.06. The average molecular weight is 296 g/mol. The largest absolute Gasteiger partial charge is 0.436 e. The summed E-state index contributed by atoms with van der Waals surface area (Å²) in [5.41, 5.74) is 1.03. The summed E-state index contributed by atoms with van der Waals surface area (Å²) in [5.74, 6) is 2.15. The van der Waals surface area contributed by atoms with Crippen molar-refractivity contribution >= 4 is 11.6 Å². The van der Waals surface area contributed by atoms with Crippen molar-refractivity contribution in [2.45, 2.75) is 6.92 Å². The minimum absolute atomic E-state index is 0.557. The number of hydrogen-bond acceptors (Lipinski definition) is 5. The van der Waals surface area contributed by atoms with Gasteiger partial charge in [-0.15, -0.1) is 0 Å². The quantitative estimate of drug-likeness (QED) is 0.878. The SMILES string of the molecule is C/C=C(\Oc1nccnc1N1CCNCC1)c1ccccc1. The van der Waals surface area contributed by atoms with Crippen LogP contribution in [0.5, 0.6) is 5.88 Å². The summed E-state index contributed by atoms with van der Waals surface area (Å²) in [4.78, 5) is 11.1. The van der Waals surface area contributed by atoms with Gasteiger partial charge in [0, 0.05) is 44.1 Å². The second kappa shape index (κ2) is 7.04. The molecule has 1 aliphatic rings. The van der Waals surface area contributed by atoms with Gasteiger partial charge in [-0.1, -0.05) is 30.3 Å². The van der Waals surface area contributed by atoms with Crippen LogP contribution in [0.3, 0.4) is 0 Å². The number of benzene rings is 1. The summed E-state index contributed by atoms with van der Waals surface area (Å²) in [7, 11) is 0. The molecule has 0 aliphatic carbocycles. The monoisotopic (exact) mass is 296 g/mol. The second-order valence-electron chi connectivity index (χ2n) is 5.04. The predicted molar refractivity (Wildman–Crippen MR) is 87.8 cm³/mol. The van der Waals surface area contributed by atoms with Gasteiger partial charge in [0.05, 0.1) is 0 Å². The minimum Gasteiger partial charge on any atom is -0.436 e. The number of nitrogens with zero attached hydrogens (tertiary/aromatic N) is 3. The molecule has 0 spiro atoms. The summed E-state index contributed by atoms with van der Waals surface area (Å²) in [5, 5.41) is 3.34. The van der Waals surface area contributed by atoms with Crippen molar-refractivity contribution in [2.75, 3.05) is 31.1 Å². The van der Waals surface area contributed by atoms with E-state index in [4.69, 9.17) is 4.74 Å². The predicted octanol–water partition coefficient (Wildman–Crippen LogP) is 2.33. The van der Waals surface area contributed by atoms with E-state index in [2.05, 4.69) is 20.2 Å². The fourth-order valence-corrected chi connectivity index (χ4v) is 2.47. The zero-order valence-electron chi connectivity index (χ0n) is 12.7. The Labute approximate surface area is 130 Å². The highest BCUT2D eigenvalue weighted by Crippen LogP contribution is 2.27. The molecular formula is C17H20N4O. The van der Waals surface area contributed by atoms with Gasteiger partial charge < -0.3 is 15.0 Å². The third-order valence-corrected chi connectivity index (χ3v) is 3.59. The van der Waals surface area contributed by atoms with Gasteiger partial charge >= 0.3 is 0 Å². The highest BCUT2D eigenvalue weighted by atomic mass is 16.5. The van der Waals surface area contributed by atoms with E-state index in [0.717, 1.165) is 43.3 Å². The lowest BCUT2D eigenvalue weighted by atomic mass is 10.2. The Morgan fingerprint density at radius 2 is 1.86 bits per heavy atom. The van der Waals surface area contributed by atoms with Crippen LogP contribution in [0.15, 0.2) is 48.8 Å². The van der Waals surface area contributed by atoms with E-state index in [1.807, 2.05) is 43.3 Å². The number of rotatable bonds is 4. The van der Waals surface area contributed by atoms with Crippen molar-refractivity contribution in [3.05, 3.63) is 54.4 Å². The van der Waals surface area contributed by atoms with E-state index in [0.29, 0.717) is 5.88 Å². The Hall–Kier alpha value is -2.40. The van der Waals surface area contributed by atoms with Crippen LogP contribution < -0.4 is 15.0 Å². The van der Waals surface area contributed by atoms with E-state index < -0.39 is 0 Å². The Kier molecular flexibility index (Phi) is 4.65. The van der Waals surface area contributed by atoms with E-state index in [9.17, 15) is 0 Å². The summed E-state index contributed by atoms with van der Waals surface area (Å²) >= 11 is 0. The Balaban J connectivity index is 1.85. The van der Waals surface area contributed by atoms with Crippen LogP contribution in [-0.2, 0) is 0 Å². The first kappa shape index (κ1) is 14.5. The molecule has 1 aromatic carbocycles. The molecule has 0 bridgehead atoms. The van der Waals surface area contributed by atoms with Gasteiger partial charge in [0.1, 0.15) is 5.76 Å². The first-order chi connectivity index (χ1) is 10.9. The molecule has 0 unspecified atom stereocenters. The maximum absolute atomic E-state index is 6.06. The number of ether oxygens (including phenoxy) is 1. The summed E-state index contributed by atoms with van der Waals surface area (Å²) < 4.78 is 6.06. The van der Waals surface area contributed by atoms with Crippen molar-refractivity contribution in [1.29, 1.82) is 0 Å². The Morgan fingerprint density at radius 3 is 2.59 bits per heavy atom. The number of anilines is 1. The number of piperazine rings is 1. The minimum atomic E-state index is 0.557. The van der Waals surface area contributed by atoms with Gasteiger partial charge in [0.15, 0.2) is 5.82 Å². The van der Waals surface area contributed by atoms with Gasteiger partial charge in [-0.2, -0.15) is 0 Å². The maximum Gasteiger partial charge on any atom is 0.263 e. The normalized spacial score (nSPS) is 15.7. The van der Waals surface area contributed by atoms with Crippen LogP contribution in [0, 0.1) is 0 Å². The molecule has 5 heteroatoms. The highest BCUT2D eigenvalue weighted by Gasteiger charge is 2.18. The Morgan fingerprint density at radius 1 is 1.14 bits per heavy atom. The molecule has 114 valence electrons. The summed E-state index contributed by atoms with van der Waals surface area (Å²) in [6.07, 6.45) is 5.33. The second-order valence-corrected chi connectivity index (χ2v) is 5.04. The van der Waals surface area contributed by atoms with Crippen LogP contribution >= 0.6 is 0 Å². The summed E-state index contributed by atoms with van der Waals surface area (Å²) in [6.45, 7) is 5.68. The van der Waals surface area contributed by atoms with Crippen LogP contribution in [0.2, 0.25) is 0 Å². The van der Waals surface area contributed by atoms with Crippen molar-refractivity contribution in [3.63, 3.8) is 0 Å². The fraction of sp³-hybridized carbons (Fsp3) is 0.294. The molecule has 22 heavy (non-hydrogen) atoms. The van der Waals surface area contributed by atoms with E-state index >= 15 is 0 Å². The molecule has 2 heterocycles. The van der Waals surface area contributed by atoms with Crippen molar-refractivity contribution in [3.8, 4) is 5.88 Å². The molecule has 0 atom stereocenters. The van der Waals surface area contributed by atoms with Crippen LogP contribution in [0.4, 0.5) is 5.82 Å². The first-order valence-corrected chi connectivity index (χ1v) is 7.55. The van der Waals surface area contributed by atoms with Gasteiger partial charge in [0.25, 0.3) is 5.88 Å². The lowest BCUT2D eigenvalue weighted by Gasteiger charge is -2.29. The standard InChI is InChI=1S/C17H20N4O/c1-2-15(14-6-4-3-5-7-14)22-17-16(19-8-9-20-17)21-12-10-18-11-13-21/h2-9,18H,10-13H2,1H3/b15-2-. The zero-order valence-corrected chi connectivity index (χ0v) is 12.7. The molecule has 3 rings (SSSR count). The third kappa shape index (κ3) is 3.26. The lowest BCUT2D eigenvalue weighted by molar-refractivity contribution is 0.482. The van der Waals surface area contributed by atoms with Crippen LogP contribution in [0.1, 0.15) is 12.5 Å². The molecule has 1 aromatic heterocycles. The lowest BCUT2D eigenvalue weighted by Crippen LogP contribution is -2.44. The topological polar surface area (TPSA) is 50.3 Å². The molecular weight excluding hydrogens is 276 g/mol. The van der Waals surface area contributed by atoms with Crippen LogP contribution in [0.25, 0.3) is 5.76 Å². The molecule has 1 fully saturated rings. The fourth-order valence-electron chi connectivity index (χ4n) is 2.47. The van der Waals surface area contributed by atoms with E-state index in [1.54, 1.807) is 12.4 Å². The third-order valence-electron chi connectivity index (χ3n) is 3.59. The molecule has 0 radical (unpaired) electrons. The average Bonchev–Trinajstić information content (AvgIpc) is 2.61. The molecule has 2 aromatic rings. The highest BCUT2D eigenvalue weighted by molar-refractivity contribution is 5.63. The Bertz CT molecular complexity index is 636. The van der Waals surface area contributed by atoms with Crippen molar-refractivity contribution in [2.24, 2.45) is 0 Å². The smallest absolute Gasteiger partial charge is 0.263 e. The molecule has 5 nitrogen and oxygen atoms in total. The van der Waals surface area contributed by atoms with Gasteiger partial charge in [-0.3, -0.25) is 0 Å². The zero-order chi connectivity index (χ0) is 15.2. The molecule has 1 N–H and O–H groups in total. The molecule has 0 amide bonds. The van der Waals surface area contributed by atoms with Gasteiger partial charge in [-0.25, -0.2) is 9.97 Å². The number of nitrogens with one attached hydrogen (secondary N) is 1. The number of aromatic nitrogens is 2. The number of hydrogen-bond donors (Lipinski definition) is 1. The van der Waals surface area contributed by atoms with Crippen molar-refractivity contribution in [1.82, 2.24) is 15.3 Å². The summed E-state index contributed by atoms with van der Waals surface area (Å²) in [6, 6.07) is 10.0. The molecule has 1 saturated heterocycles.